The number of para-hydroxylation sites is 1. The molecule has 0 bridgehead atoms. The van der Waals surface area contributed by atoms with Crippen molar-refractivity contribution >= 4 is 31.4 Å². The number of hydrogen-bond donors (Lipinski definition) is 1. The Labute approximate surface area is 142 Å². The normalized spacial score (nSPS) is 17.6. The molecule has 1 aliphatic rings. The van der Waals surface area contributed by atoms with Gasteiger partial charge in [0.05, 0.1) is 16.8 Å². The van der Waals surface area contributed by atoms with E-state index in [4.69, 9.17) is 0 Å². The van der Waals surface area contributed by atoms with E-state index < -0.39 is 20.0 Å². The molecule has 2 aromatic rings. The van der Waals surface area contributed by atoms with E-state index in [0.717, 1.165) is 11.8 Å². The smallest absolute Gasteiger partial charge is 0.264 e. The van der Waals surface area contributed by atoms with Crippen LogP contribution in [0.25, 0.3) is 0 Å². The first-order chi connectivity index (χ1) is 11.2. The summed E-state index contributed by atoms with van der Waals surface area (Å²) in [5.74, 6) is 0. The largest absolute Gasteiger partial charge is 0.284 e. The van der Waals surface area contributed by atoms with Crippen molar-refractivity contribution in [2.24, 2.45) is 0 Å². The van der Waals surface area contributed by atoms with Gasteiger partial charge < -0.3 is 0 Å². The Bertz CT molecular complexity index is 967. The second kappa shape index (κ2) is 5.78. The molecular formula is C16H18N2O4S2. The first-order valence-corrected chi connectivity index (χ1v) is 10.7. The maximum Gasteiger partial charge on any atom is 0.264 e. The van der Waals surface area contributed by atoms with Gasteiger partial charge in [-0.05, 0) is 49.2 Å². The molecule has 1 aliphatic heterocycles. The summed E-state index contributed by atoms with van der Waals surface area (Å²) in [7, 11) is -7.11. The topological polar surface area (TPSA) is 83.6 Å². The van der Waals surface area contributed by atoms with Crippen molar-refractivity contribution in [1.29, 1.82) is 0 Å². The van der Waals surface area contributed by atoms with Gasteiger partial charge in [-0.3, -0.25) is 9.03 Å². The van der Waals surface area contributed by atoms with Crippen LogP contribution < -0.4 is 9.03 Å². The molecule has 24 heavy (non-hydrogen) atoms. The van der Waals surface area contributed by atoms with Crippen LogP contribution in [0.2, 0.25) is 0 Å². The monoisotopic (exact) mass is 366 g/mol. The third kappa shape index (κ3) is 3.11. The maximum atomic E-state index is 13.0. The summed E-state index contributed by atoms with van der Waals surface area (Å²) in [6.45, 7) is 1.87. The number of anilines is 2. The first-order valence-electron chi connectivity index (χ1n) is 7.39. The summed E-state index contributed by atoms with van der Waals surface area (Å²) >= 11 is 0. The molecule has 0 fully saturated rings. The lowest BCUT2D eigenvalue weighted by molar-refractivity contribution is 0.584. The van der Waals surface area contributed by atoms with Gasteiger partial charge >= 0.3 is 0 Å². The lowest BCUT2D eigenvalue weighted by Gasteiger charge is -2.24. The van der Waals surface area contributed by atoms with Crippen molar-refractivity contribution in [1.82, 2.24) is 0 Å². The second-order valence-corrected chi connectivity index (χ2v) is 9.44. The molecule has 0 radical (unpaired) electrons. The van der Waals surface area contributed by atoms with Crippen molar-refractivity contribution in [2.75, 3.05) is 15.3 Å². The van der Waals surface area contributed by atoms with E-state index in [-0.39, 0.29) is 10.9 Å². The highest BCUT2D eigenvalue weighted by molar-refractivity contribution is 7.93. The van der Waals surface area contributed by atoms with E-state index >= 15 is 0 Å². The number of sulfonamides is 2. The van der Waals surface area contributed by atoms with E-state index in [9.17, 15) is 16.8 Å². The van der Waals surface area contributed by atoms with Gasteiger partial charge in [0.15, 0.2) is 0 Å². The third-order valence-corrected chi connectivity index (χ3v) is 6.41. The second-order valence-electron chi connectivity index (χ2n) is 5.88. The van der Waals surface area contributed by atoms with Crippen LogP contribution in [-0.2, 0) is 26.5 Å². The molecule has 0 saturated carbocycles. The number of benzene rings is 2. The van der Waals surface area contributed by atoms with E-state index in [2.05, 4.69) is 4.72 Å². The number of rotatable bonds is 4. The maximum absolute atomic E-state index is 13.0. The Kier molecular flexibility index (Phi) is 4.05. The summed E-state index contributed by atoms with van der Waals surface area (Å²) in [4.78, 5) is 0.130. The predicted octanol–water partition coefficient (Wildman–Crippen LogP) is 2.20. The van der Waals surface area contributed by atoms with Crippen LogP contribution in [0, 0.1) is 0 Å². The molecule has 6 nitrogen and oxygen atoms in total. The molecule has 8 heteroatoms. The zero-order valence-corrected chi connectivity index (χ0v) is 14.9. The predicted molar refractivity (Wildman–Crippen MR) is 94.2 cm³/mol. The molecule has 0 aliphatic carbocycles. The fraction of sp³-hybridized carbons (Fsp3) is 0.250. The number of nitrogens with zero attached hydrogens (tertiary/aromatic N) is 1. The van der Waals surface area contributed by atoms with E-state index in [1.165, 1.54) is 28.6 Å². The van der Waals surface area contributed by atoms with E-state index in [1.54, 1.807) is 6.07 Å². The molecule has 128 valence electrons. The molecular weight excluding hydrogens is 348 g/mol. The van der Waals surface area contributed by atoms with Crippen molar-refractivity contribution < 1.29 is 16.8 Å². The standard InChI is InChI=1S/C16H18N2O4S2/c1-12-11-13-5-3-4-6-16(13)18(12)24(21,22)15-9-7-14(8-10-15)17-23(2,19)20/h3-10,12,17H,11H2,1-2H3/t12-/m1/s1. The Morgan fingerprint density at radius 1 is 1.00 bits per heavy atom. The highest BCUT2D eigenvalue weighted by Gasteiger charge is 2.35. The van der Waals surface area contributed by atoms with Gasteiger partial charge in [-0.15, -0.1) is 0 Å². The molecule has 3 rings (SSSR count). The zero-order chi connectivity index (χ0) is 17.5. The summed E-state index contributed by atoms with van der Waals surface area (Å²) in [5, 5.41) is 0. The van der Waals surface area contributed by atoms with Gasteiger partial charge in [-0.25, -0.2) is 16.8 Å². The van der Waals surface area contributed by atoms with E-state index in [1.807, 2.05) is 25.1 Å². The molecule has 2 aromatic carbocycles. The van der Waals surface area contributed by atoms with Crippen molar-refractivity contribution in [2.45, 2.75) is 24.3 Å². The third-order valence-electron chi connectivity index (χ3n) is 3.86. The average Bonchev–Trinajstić information content (AvgIpc) is 2.82. The van der Waals surface area contributed by atoms with Crippen molar-refractivity contribution in [3.8, 4) is 0 Å². The fourth-order valence-corrected chi connectivity index (χ4v) is 5.18. The minimum atomic E-state index is -3.71. The molecule has 1 heterocycles. The van der Waals surface area contributed by atoms with Crippen LogP contribution in [0.3, 0.4) is 0 Å². The SMILES string of the molecule is C[C@@H]1Cc2ccccc2N1S(=O)(=O)c1ccc(NS(C)(=O)=O)cc1. The van der Waals surface area contributed by atoms with Crippen LogP contribution in [-0.4, -0.2) is 29.1 Å². The molecule has 0 amide bonds. The molecule has 0 saturated heterocycles. The number of nitrogens with one attached hydrogen (secondary N) is 1. The van der Waals surface area contributed by atoms with Crippen LogP contribution in [0.15, 0.2) is 53.4 Å². The number of hydrogen-bond acceptors (Lipinski definition) is 4. The summed E-state index contributed by atoms with van der Waals surface area (Å²) in [6, 6.07) is 13.0. The van der Waals surface area contributed by atoms with E-state index in [0.29, 0.717) is 17.8 Å². The Hall–Kier alpha value is -2.06. The summed E-state index contributed by atoms with van der Waals surface area (Å²) in [6.07, 6.45) is 1.71. The quantitative estimate of drug-likeness (QED) is 0.899. The lowest BCUT2D eigenvalue weighted by atomic mass is 10.1. The van der Waals surface area contributed by atoms with Crippen LogP contribution >= 0.6 is 0 Å². The number of fused-ring (bicyclic) bond motifs is 1. The Morgan fingerprint density at radius 2 is 1.62 bits per heavy atom. The average molecular weight is 366 g/mol. The molecule has 1 N–H and O–H groups in total. The van der Waals surface area contributed by atoms with Crippen LogP contribution in [0.1, 0.15) is 12.5 Å². The molecule has 0 spiro atoms. The van der Waals surface area contributed by atoms with Crippen molar-refractivity contribution in [3.63, 3.8) is 0 Å². The fourth-order valence-electron chi connectivity index (χ4n) is 2.93. The lowest BCUT2D eigenvalue weighted by Crippen LogP contribution is -2.35. The highest BCUT2D eigenvalue weighted by Crippen LogP contribution is 2.36. The molecule has 0 aromatic heterocycles. The zero-order valence-electron chi connectivity index (χ0n) is 13.3. The van der Waals surface area contributed by atoms with Crippen molar-refractivity contribution in [3.05, 3.63) is 54.1 Å². The van der Waals surface area contributed by atoms with Gasteiger partial charge in [0.25, 0.3) is 10.0 Å². The van der Waals surface area contributed by atoms with Crippen LogP contribution in [0.5, 0.6) is 0 Å². The van der Waals surface area contributed by atoms with Gasteiger partial charge in [-0.2, -0.15) is 0 Å². The molecule has 0 unspecified atom stereocenters. The van der Waals surface area contributed by atoms with Gasteiger partial charge in [0.1, 0.15) is 0 Å². The summed E-state index contributed by atoms with van der Waals surface area (Å²) < 4.78 is 52.2. The van der Waals surface area contributed by atoms with Gasteiger partial charge in [-0.1, -0.05) is 18.2 Å². The van der Waals surface area contributed by atoms with Gasteiger partial charge in [0.2, 0.25) is 10.0 Å². The highest BCUT2D eigenvalue weighted by atomic mass is 32.2. The summed E-state index contributed by atoms with van der Waals surface area (Å²) in [5.41, 5.74) is 2.03. The Balaban J connectivity index is 1.97. The van der Waals surface area contributed by atoms with Crippen LogP contribution in [0.4, 0.5) is 11.4 Å². The minimum absolute atomic E-state index is 0.130. The minimum Gasteiger partial charge on any atom is -0.284 e. The first kappa shape index (κ1) is 16.8. The van der Waals surface area contributed by atoms with Gasteiger partial charge in [0, 0.05) is 11.7 Å². The Morgan fingerprint density at radius 3 is 2.25 bits per heavy atom. The molecule has 1 atom stereocenters.